The van der Waals surface area contributed by atoms with Gasteiger partial charge in [0, 0.05) is 12.3 Å². The fourth-order valence-corrected chi connectivity index (χ4v) is 2.37. The van der Waals surface area contributed by atoms with Crippen molar-refractivity contribution in [2.24, 2.45) is 0 Å². The second kappa shape index (κ2) is 3.43. The van der Waals surface area contributed by atoms with Crippen molar-refractivity contribution in [2.45, 2.75) is 50.5 Å². The molecular formula is C11H15N3O. The monoisotopic (exact) mass is 205 g/mol. The molecule has 1 aromatic rings. The zero-order valence-corrected chi connectivity index (χ0v) is 8.72. The normalized spacial score (nSPS) is 25.7. The van der Waals surface area contributed by atoms with Crippen LogP contribution < -0.4 is 0 Å². The minimum Gasteiger partial charge on any atom is -0.301 e. The van der Waals surface area contributed by atoms with Crippen LogP contribution in [0.15, 0.2) is 0 Å². The molecule has 1 saturated carbocycles. The first kappa shape index (κ1) is 9.07. The highest BCUT2D eigenvalue weighted by atomic mass is 16.1. The number of aldehydes is 1. The maximum Gasteiger partial charge on any atom is 0.154 e. The molecule has 0 amide bonds. The summed E-state index contributed by atoms with van der Waals surface area (Å²) in [4.78, 5) is 15.5. The summed E-state index contributed by atoms with van der Waals surface area (Å²) in [6, 6.07) is -0.0601. The van der Waals surface area contributed by atoms with Crippen molar-refractivity contribution < 1.29 is 4.79 Å². The minimum atomic E-state index is -0.0601. The van der Waals surface area contributed by atoms with Gasteiger partial charge in [-0.2, -0.15) is 5.10 Å². The van der Waals surface area contributed by atoms with E-state index in [4.69, 9.17) is 0 Å². The molecule has 0 saturated heterocycles. The highest BCUT2D eigenvalue weighted by molar-refractivity contribution is 5.56. The second-order valence-electron chi connectivity index (χ2n) is 4.55. The molecule has 4 heteroatoms. The molecule has 0 spiro atoms. The topological polar surface area (TPSA) is 47.8 Å². The molecule has 2 aliphatic rings. The van der Waals surface area contributed by atoms with Gasteiger partial charge < -0.3 is 4.79 Å². The van der Waals surface area contributed by atoms with Gasteiger partial charge in [0.15, 0.2) is 5.82 Å². The Morgan fingerprint density at radius 2 is 2.13 bits per heavy atom. The number of aryl methyl sites for hydroxylation is 1. The second-order valence-corrected chi connectivity index (χ2v) is 4.55. The van der Waals surface area contributed by atoms with Crippen LogP contribution in [0.25, 0.3) is 0 Å². The number of aromatic nitrogens is 3. The summed E-state index contributed by atoms with van der Waals surface area (Å²) in [5.74, 6) is 2.56. The van der Waals surface area contributed by atoms with Gasteiger partial charge in [-0.25, -0.2) is 9.67 Å². The molecular weight excluding hydrogens is 190 g/mol. The molecule has 1 fully saturated rings. The molecule has 1 aliphatic carbocycles. The number of carbonyl (C=O) groups excluding carboxylic acids is 1. The summed E-state index contributed by atoms with van der Waals surface area (Å²) in [6.07, 6.45) is 7.69. The summed E-state index contributed by atoms with van der Waals surface area (Å²) in [6.45, 7) is 0. The fourth-order valence-electron chi connectivity index (χ4n) is 2.37. The van der Waals surface area contributed by atoms with Crippen molar-refractivity contribution >= 4 is 6.29 Å². The van der Waals surface area contributed by atoms with Crippen LogP contribution in [0, 0.1) is 0 Å². The zero-order valence-electron chi connectivity index (χ0n) is 8.72. The average molecular weight is 205 g/mol. The van der Waals surface area contributed by atoms with Gasteiger partial charge in [-0.3, -0.25) is 0 Å². The zero-order chi connectivity index (χ0) is 10.3. The van der Waals surface area contributed by atoms with Gasteiger partial charge in [0.05, 0.1) is 0 Å². The van der Waals surface area contributed by atoms with Crippen LogP contribution in [-0.4, -0.2) is 21.1 Å². The third kappa shape index (κ3) is 1.39. The number of fused-ring (bicyclic) bond motifs is 1. The first-order chi connectivity index (χ1) is 7.38. The molecule has 1 atom stereocenters. The molecule has 4 nitrogen and oxygen atoms in total. The molecule has 1 unspecified atom stereocenters. The smallest absolute Gasteiger partial charge is 0.154 e. The lowest BCUT2D eigenvalue weighted by Crippen LogP contribution is -2.20. The number of hydrogen-bond acceptors (Lipinski definition) is 3. The molecule has 3 rings (SSSR count). The average Bonchev–Trinajstić information content (AvgIpc) is 2.57. The minimum absolute atomic E-state index is 0.0601. The first-order valence-corrected chi connectivity index (χ1v) is 5.79. The molecule has 15 heavy (non-hydrogen) atoms. The van der Waals surface area contributed by atoms with Gasteiger partial charge in [0.25, 0.3) is 0 Å². The highest BCUT2D eigenvalue weighted by Gasteiger charge is 2.28. The van der Waals surface area contributed by atoms with Crippen molar-refractivity contribution in [3.63, 3.8) is 0 Å². The van der Waals surface area contributed by atoms with E-state index >= 15 is 0 Å². The molecule has 0 bridgehead atoms. The summed E-state index contributed by atoms with van der Waals surface area (Å²) >= 11 is 0. The Bertz CT molecular complexity index is 381. The van der Waals surface area contributed by atoms with Gasteiger partial charge in [-0.05, 0) is 25.7 Å². The van der Waals surface area contributed by atoms with Crippen LogP contribution in [0.5, 0.6) is 0 Å². The maximum atomic E-state index is 10.9. The lowest BCUT2D eigenvalue weighted by Gasteiger charge is -2.21. The van der Waals surface area contributed by atoms with Crippen LogP contribution in [-0.2, 0) is 11.2 Å². The molecule has 0 aromatic carbocycles. The van der Waals surface area contributed by atoms with E-state index in [1.165, 1.54) is 19.3 Å². The van der Waals surface area contributed by atoms with Gasteiger partial charge in [0.2, 0.25) is 0 Å². The van der Waals surface area contributed by atoms with Gasteiger partial charge in [0.1, 0.15) is 18.2 Å². The summed E-state index contributed by atoms with van der Waals surface area (Å²) in [5, 5.41) is 4.50. The van der Waals surface area contributed by atoms with Gasteiger partial charge in [-0.15, -0.1) is 0 Å². The van der Waals surface area contributed by atoms with E-state index in [-0.39, 0.29) is 6.04 Å². The SMILES string of the molecule is O=CC1CCCc2nc(C3CCC3)nn21. The Morgan fingerprint density at radius 1 is 1.27 bits per heavy atom. The van der Waals surface area contributed by atoms with Crippen molar-refractivity contribution in [1.82, 2.24) is 14.8 Å². The Balaban J connectivity index is 1.93. The summed E-state index contributed by atoms with van der Waals surface area (Å²) in [5.41, 5.74) is 0. The molecule has 0 N–H and O–H groups in total. The van der Waals surface area contributed by atoms with E-state index < -0.39 is 0 Å². The Morgan fingerprint density at radius 3 is 2.80 bits per heavy atom. The number of carbonyl (C=O) groups is 1. The van der Waals surface area contributed by atoms with Crippen molar-refractivity contribution in [2.75, 3.05) is 0 Å². The fraction of sp³-hybridized carbons (Fsp3) is 0.727. The summed E-state index contributed by atoms with van der Waals surface area (Å²) < 4.78 is 1.85. The van der Waals surface area contributed by atoms with Crippen LogP contribution >= 0.6 is 0 Å². The molecule has 1 aromatic heterocycles. The van der Waals surface area contributed by atoms with Gasteiger partial charge in [-0.1, -0.05) is 6.42 Å². The standard InChI is InChI=1S/C11H15N3O/c15-7-9-5-2-6-10-12-11(13-14(9)10)8-3-1-4-8/h7-9H,1-6H2. The van der Waals surface area contributed by atoms with E-state index in [2.05, 4.69) is 10.1 Å². The molecule has 1 aliphatic heterocycles. The van der Waals surface area contributed by atoms with Crippen LogP contribution in [0.4, 0.5) is 0 Å². The summed E-state index contributed by atoms with van der Waals surface area (Å²) in [7, 11) is 0. The lowest BCUT2D eigenvalue weighted by atomic mass is 9.85. The van der Waals surface area contributed by atoms with Crippen molar-refractivity contribution in [3.8, 4) is 0 Å². The highest BCUT2D eigenvalue weighted by Crippen LogP contribution is 2.35. The number of nitrogens with zero attached hydrogens (tertiary/aromatic N) is 3. The predicted molar refractivity (Wildman–Crippen MR) is 54.7 cm³/mol. The third-order valence-electron chi connectivity index (χ3n) is 3.56. The number of rotatable bonds is 2. The van der Waals surface area contributed by atoms with Gasteiger partial charge >= 0.3 is 0 Å². The first-order valence-electron chi connectivity index (χ1n) is 5.79. The van der Waals surface area contributed by atoms with Crippen LogP contribution in [0.3, 0.4) is 0 Å². The predicted octanol–water partition coefficient (Wildman–Crippen LogP) is 1.62. The van der Waals surface area contributed by atoms with E-state index in [1.807, 2.05) is 4.68 Å². The van der Waals surface area contributed by atoms with Crippen molar-refractivity contribution in [3.05, 3.63) is 11.6 Å². The molecule has 80 valence electrons. The molecule has 0 radical (unpaired) electrons. The quantitative estimate of drug-likeness (QED) is 0.689. The third-order valence-corrected chi connectivity index (χ3v) is 3.56. The van der Waals surface area contributed by atoms with E-state index in [1.54, 1.807) is 0 Å². The Kier molecular flexibility index (Phi) is 2.08. The Labute approximate surface area is 88.7 Å². The Hall–Kier alpha value is -1.19. The van der Waals surface area contributed by atoms with Crippen LogP contribution in [0.1, 0.15) is 55.7 Å². The van der Waals surface area contributed by atoms with E-state index in [0.29, 0.717) is 5.92 Å². The number of hydrogen-bond donors (Lipinski definition) is 0. The van der Waals surface area contributed by atoms with E-state index in [0.717, 1.165) is 37.2 Å². The maximum absolute atomic E-state index is 10.9. The van der Waals surface area contributed by atoms with Crippen molar-refractivity contribution in [1.29, 1.82) is 0 Å². The lowest BCUT2D eigenvalue weighted by molar-refractivity contribution is -0.111. The van der Waals surface area contributed by atoms with Crippen LogP contribution in [0.2, 0.25) is 0 Å². The largest absolute Gasteiger partial charge is 0.301 e. The molecule has 2 heterocycles. The van der Waals surface area contributed by atoms with E-state index in [9.17, 15) is 4.79 Å².